The fourth-order valence-electron chi connectivity index (χ4n) is 2.46. The third-order valence-corrected chi connectivity index (χ3v) is 4.02. The van der Waals surface area contributed by atoms with Gasteiger partial charge in [0.2, 0.25) is 5.60 Å². The second-order valence-corrected chi connectivity index (χ2v) is 5.57. The van der Waals surface area contributed by atoms with Crippen LogP contribution in [0.25, 0.3) is 0 Å². The lowest BCUT2D eigenvalue weighted by Gasteiger charge is -2.47. The fourth-order valence-corrected chi connectivity index (χ4v) is 2.46. The van der Waals surface area contributed by atoms with Crippen LogP contribution < -0.4 is 0 Å². The minimum atomic E-state index is -3.45. The lowest BCUT2D eigenvalue weighted by atomic mass is 9.79. The molecule has 12 heteroatoms. The highest BCUT2D eigenvalue weighted by Crippen LogP contribution is 2.32. The molecule has 12 nitrogen and oxygen atoms in total. The van der Waals surface area contributed by atoms with Crippen molar-refractivity contribution in [1.82, 2.24) is 0 Å². The molecule has 0 aromatic heterocycles. The number of rotatable bonds is 7. The zero-order valence-electron chi connectivity index (χ0n) is 12.3. The maximum absolute atomic E-state index is 11.4. The van der Waals surface area contributed by atoms with E-state index in [1.54, 1.807) is 0 Å². The predicted molar refractivity (Wildman–Crippen MR) is 71.5 cm³/mol. The standard InChI is InChI=1S/C12H22O12/c13-1-3(15)5(16)9(20)12(23,11(21)22)10-8(19)7(18)6(17)4(2-14)24-10/h3-10,13-20,23H,1-2H2,(H,21,22)/t3-,4-,5-,6-,7+,8+,9+,10?,12+/m1/s1. The van der Waals surface area contributed by atoms with E-state index in [-0.39, 0.29) is 0 Å². The highest BCUT2D eigenvalue weighted by Gasteiger charge is 2.61. The number of aliphatic hydroxyl groups is 9. The molecule has 0 aromatic rings. The molecule has 142 valence electrons. The molecule has 0 amide bonds. The molecular weight excluding hydrogens is 336 g/mol. The topological polar surface area (TPSA) is 229 Å². The van der Waals surface area contributed by atoms with E-state index in [1.807, 2.05) is 0 Å². The van der Waals surface area contributed by atoms with Crippen molar-refractivity contribution in [2.45, 2.75) is 54.4 Å². The van der Waals surface area contributed by atoms with Gasteiger partial charge in [0.25, 0.3) is 0 Å². The van der Waals surface area contributed by atoms with Crippen molar-refractivity contribution >= 4 is 5.97 Å². The van der Waals surface area contributed by atoms with E-state index >= 15 is 0 Å². The summed E-state index contributed by atoms with van der Waals surface area (Å²) >= 11 is 0. The van der Waals surface area contributed by atoms with Crippen LogP contribution in [0.5, 0.6) is 0 Å². The Bertz CT molecular complexity index is 430. The molecule has 10 N–H and O–H groups in total. The summed E-state index contributed by atoms with van der Waals surface area (Å²) in [5, 5.41) is 95.4. The Morgan fingerprint density at radius 2 is 1.58 bits per heavy atom. The lowest BCUT2D eigenvalue weighted by Crippen LogP contribution is -2.72. The van der Waals surface area contributed by atoms with Gasteiger partial charge in [0.15, 0.2) is 0 Å². The van der Waals surface area contributed by atoms with Gasteiger partial charge in [-0.05, 0) is 0 Å². The van der Waals surface area contributed by atoms with Crippen molar-refractivity contribution in [3.8, 4) is 0 Å². The third kappa shape index (κ3) is 3.52. The Morgan fingerprint density at radius 3 is 2.00 bits per heavy atom. The largest absolute Gasteiger partial charge is 0.479 e. The molecule has 1 unspecified atom stereocenters. The fraction of sp³-hybridized carbons (Fsp3) is 0.917. The number of aliphatic carboxylic acids is 1. The summed E-state index contributed by atoms with van der Waals surface area (Å²) in [6.07, 6.45) is -17.0. The minimum Gasteiger partial charge on any atom is -0.479 e. The van der Waals surface area contributed by atoms with Crippen LogP contribution in [0.4, 0.5) is 0 Å². The average Bonchev–Trinajstić information content (AvgIpc) is 2.56. The lowest BCUT2D eigenvalue weighted by molar-refractivity contribution is -0.291. The van der Waals surface area contributed by atoms with Gasteiger partial charge < -0.3 is 55.8 Å². The van der Waals surface area contributed by atoms with Crippen LogP contribution >= 0.6 is 0 Å². The molecule has 0 bridgehead atoms. The minimum absolute atomic E-state index is 0.922. The molecule has 24 heavy (non-hydrogen) atoms. The number of hydrogen-bond acceptors (Lipinski definition) is 11. The molecule has 1 saturated heterocycles. The summed E-state index contributed by atoms with van der Waals surface area (Å²) in [6, 6.07) is 0. The van der Waals surface area contributed by atoms with Crippen LogP contribution in [0.3, 0.4) is 0 Å². The smallest absolute Gasteiger partial charge is 0.341 e. The molecule has 0 spiro atoms. The van der Waals surface area contributed by atoms with Gasteiger partial charge in [-0.25, -0.2) is 4.79 Å². The molecular formula is C12H22O12. The second kappa shape index (κ2) is 7.97. The summed E-state index contributed by atoms with van der Waals surface area (Å²) in [7, 11) is 0. The second-order valence-electron chi connectivity index (χ2n) is 5.57. The summed E-state index contributed by atoms with van der Waals surface area (Å²) < 4.78 is 4.89. The molecule has 0 radical (unpaired) electrons. The monoisotopic (exact) mass is 358 g/mol. The van der Waals surface area contributed by atoms with E-state index in [9.17, 15) is 45.6 Å². The molecule has 0 aromatic carbocycles. The van der Waals surface area contributed by atoms with Gasteiger partial charge in [-0.3, -0.25) is 0 Å². The molecule has 1 fully saturated rings. The van der Waals surface area contributed by atoms with Crippen molar-refractivity contribution in [3.63, 3.8) is 0 Å². The molecule has 1 aliphatic heterocycles. The molecule has 0 aliphatic carbocycles. The number of hydrogen-bond donors (Lipinski definition) is 10. The summed E-state index contributed by atoms with van der Waals surface area (Å²) in [5.74, 6) is -2.19. The number of carbonyl (C=O) groups is 1. The first-order valence-corrected chi connectivity index (χ1v) is 6.95. The number of aliphatic hydroxyl groups excluding tert-OH is 8. The normalized spacial score (nSPS) is 37.3. The summed E-state index contributed by atoms with van der Waals surface area (Å²) in [6.45, 7) is -2.00. The molecule has 1 aliphatic rings. The van der Waals surface area contributed by atoms with E-state index in [2.05, 4.69) is 0 Å². The van der Waals surface area contributed by atoms with E-state index in [0.29, 0.717) is 0 Å². The van der Waals surface area contributed by atoms with E-state index < -0.39 is 73.6 Å². The Kier molecular flexibility index (Phi) is 7.01. The van der Waals surface area contributed by atoms with Crippen molar-refractivity contribution in [2.24, 2.45) is 0 Å². The number of ether oxygens (including phenoxy) is 1. The van der Waals surface area contributed by atoms with Gasteiger partial charge in [-0.1, -0.05) is 0 Å². The SMILES string of the molecule is O=C(O)[C@@](O)(C1O[C@H](CO)[C@@H](O)[C@H](O)[C@@H]1O)[C@@H](O)[C@H](O)[C@H](O)CO. The first-order chi connectivity index (χ1) is 11.0. The summed E-state index contributed by atoms with van der Waals surface area (Å²) in [4.78, 5) is 11.4. The van der Waals surface area contributed by atoms with Gasteiger partial charge in [-0.15, -0.1) is 0 Å². The van der Waals surface area contributed by atoms with Gasteiger partial charge >= 0.3 is 5.97 Å². The Labute approximate surface area is 135 Å². The summed E-state index contributed by atoms with van der Waals surface area (Å²) in [5.41, 5.74) is -3.45. The van der Waals surface area contributed by atoms with Crippen LogP contribution in [0.15, 0.2) is 0 Å². The van der Waals surface area contributed by atoms with Crippen molar-refractivity contribution < 1.29 is 60.6 Å². The molecule has 9 atom stereocenters. The highest BCUT2D eigenvalue weighted by atomic mass is 16.6. The van der Waals surface area contributed by atoms with E-state index in [0.717, 1.165) is 0 Å². The van der Waals surface area contributed by atoms with Crippen LogP contribution in [-0.4, -0.2) is 125 Å². The van der Waals surface area contributed by atoms with Gasteiger partial charge in [0.1, 0.15) is 48.8 Å². The van der Waals surface area contributed by atoms with Crippen molar-refractivity contribution in [3.05, 3.63) is 0 Å². The molecule has 0 saturated carbocycles. The highest BCUT2D eigenvalue weighted by molar-refractivity contribution is 5.79. The van der Waals surface area contributed by atoms with Crippen LogP contribution in [0.1, 0.15) is 0 Å². The van der Waals surface area contributed by atoms with Crippen LogP contribution in [-0.2, 0) is 9.53 Å². The Balaban J connectivity index is 3.24. The van der Waals surface area contributed by atoms with Crippen LogP contribution in [0.2, 0.25) is 0 Å². The van der Waals surface area contributed by atoms with Crippen molar-refractivity contribution in [1.29, 1.82) is 0 Å². The van der Waals surface area contributed by atoms with E-state index in [1.165, 1.54) is 0 Å². The van der Waals surface area contributed by atoms with Gasteiger partial charge in [0.05, 0.1) is 13.2 Å². The maximum Gasteiger partial charge on any atom is 0.341 e. The van der Waals surface area contributed by atoms with Crippen LogP contribution in [0, 0.1) is 0 Å². The Hall–Kier alpha value is -0.930. The first kappa shape index (κ1) is 21.1. The third-order valence-electron chi connectivity index (χ3n) is 4.02. The first-order valence-electron chi connectivity index (χ1n) is 6.95. The molecule has 1 rings (SSSR count). The van der Waals surface area contributed by atoms with Crippen molar-refractivity contribution in [2.75, 3.05) is 13.2 Å². The molecule has 1 heterocycles. The zero-order chi connectivity index (χ0) is 18.8. The number of carboxylic acids is 1. The zero-order valence-corrected chi connectivity index (χ0v) is 12.3. The van der Waals surface area contributed by atoms with E-state index in [4.69, 9.17) is 14.9 Å². The average molecular weight is 358 g/mol. The van der Waals surface area contributed by atoms with Gasteiger partial charge in [-0.2, -0.15) is 0 Å². The Morgan fingerprint density at radius 1 is 1.04 bits per heavy atom. The maximum atomic E-state index is 11.4. The predicted octanol–water partition coefficient (Wildman–Crippen LogP) is -6.28. The van der Waals surface area contributed by atoms with Gasteiger partial charge in [0, 0.05) is 0 Å². The quantitative estimate of drug-likeness (QED) is 0.205. The number of carboxylic acid groups (broad SMARTS) is 1.